The Hall–Kier alpha value is -3.02. The summed E-state index contributed by atoms with van der Waals surface area (Å²) in [6.07, 6.45) is 5.59. The highest BCUT2D eigenvalue weighted by molar-refractivity contribution is 6.06. The maximum absolute atomic E-state index is 11.8. The number of ketones is 1. The summed E-state index contributed by atoms with van der Waals surface area (Å²) in [5.74, 6) is -0.272. The Kier molecular flexibility index (Phi) is 3.85. The van der Waals surface area contributed by atoms with Crippen LogP contribution in [0.3, 0.4) is 0 Å². The number of allylic oxidation sites excluding steroid dienone is 1. The second-order valence-corrected chi connectivity index (χ2v) is 4.02. The molecule has 6 nitrogen and oxygen atoms in total. The molecule has 0 aliphatic rings. The Balaban J connectivity index is 2.13. The molecule has 0 amide bonds. The molecule has 1 aromatic carbocycles. The van der Waals surface area contributed by atoms with Gasteiger partial charge in [-0.2, -0.15) is 0 Å². The Labute approximate surface area is 114 Å². The number of non-ortho nitro benzene ring substituents is 1. The standard InChI is InChI=1S/C14H11N2O4/c17-14(12-2-1-9-15(18)10-12)8-5-11-3-6-13(7-4-11)16(19)20/h1-10,18H/q+1. The molecule has 6 heteroatoms. The lowest BCUT2D eigenvalue weighted by Gasteiger charge is -1.94. The number of carbonyl (C=O) groups excluding carboxylic acids is 1. The lowest BCUT2D eigenvalue weighted by atomic mass is 10.1. The lowest BCUT2D eigenvalue weighted by Crippen LogP contribution is -2.29. The first kappa shape index (κ1) is 13.4. The molecule has 20 heavy (non-hydrogen) atoms. The summed E-state index contributed by atoms with van der Waals surface area (Å²) in [5.41, 5.74) is 1.02. The van der Waals surface area contributed by atoms with Gasteiger partial charge in [-0.3, -0.25) is 20.1 Å². The number of nitro groups is 1. The van der Waals surface area contributed by atoms with Crippen LogP contribution < -0.4 is 4.73 Å². The smallest absolute Gasteiger partial charge is 0.269 e. The van der Waals surface area contributed by atoms with Crippen molar-refractivity contribution in [3.05, 3.63) is 76.1 Å². The van der Waals surface area contributed by atoms with Crippen LogP contribution in [0.4, 0.5) is 5.69 Å². The van der Waals surface area contributed by atoms with Gasteiger partial charge in [0.25, 0.3) is 5.69 Å². The minimum Gasteiger partial charge on any atom is -0.289 e. The van der Waals surface area contributed by atoms with Gasteiger partial charge in [-0.1, -0.05) is 6.08 Å². The van der Waals surface area contributed by atoms with Crippen LogP contribution in [-0.2, 0) is 0 Å². The predicted octanol–water partition coefficient (Wildman–Crippen LogP) is 2.02. The zero-order valence-electron chi connectivity index (χ0n) is 10.3. The Morgan fingerprint density at radius 2 is 1.95 bits per heavy atom. The normalized spacial score (nSPS) is 10.6. The summed E-state index contributed by atoms with van der Waals surface area (Å²) in [6, 6.07) is 8.98. The average molecular weight is 271 g/mol. The number of benzene rings is 1. The largest absolute Gasteiger partial charge is 0.289 e. The van der Waals surface area contributed by atoms with Crippen molar-refractivity contribution in [2.75, 3.05) is 0 Å². The van der Waals surface area contributed by atoms with Crippen molar-refractivity contribution in [3.63, 3.8) is 0 Å². The highest BCUT2D eigenvalue weighted by atomic mass is 16.6. The van der Waals surface area contributed by atoms with E-state index in [1.165, 1.54) is 30.6 Å². The zero-order chi connectivity index (χ0) is 14.5. The third kappa shape index (κ3) is 3.26. The van der Waals surface area contributed by atoms with Gasteiger partial charge in [-0.15, -0.1) is 0 Å². The van der Waals surface area contributed by atoms with Gasteiger partial charge in [0.2, 0.25) is 12.4 Å². The third-order valence-electron chi connectivity index (χ3n) is 2.60. The molecule has 2 aromatic rings. The van der Waals surface area contributed by atoms with Crippen LogP contribution in [0.15, 0.2) is 54.9 Å². The maximum Gasteiger partial charge on any atom is 0.269 e. The molecule has 100 valence electrons. The third-order valence-corrected chi connectivity index (χ3v) is 2.60. The highest BCUT2D eigenvalue weighted by Crippen LogP contribution is 2.13. The first-order chi connectivity index (χ1) is 9.56. The van der Waals surface area contributed by atoms with E-state index in [0.29, 0.717) is 11.1 Å². The van der Waals surface area contributed by atoms with Crippen molar-refractivity contribution >= 4 is 17.5 Å². The fourth-order valence-electron chi connectivity index (χ4n) is 1.58. The molecule has 2 rings (SSSR count). The minimum atomic E-state index is -0.484. The number of hydrogen-bond donors (Lipinski definition) is 1. The Morgan fingerprint density at radius 3 is 2.55 bits per heavy atom. The van der Waals surface area contributed by atoms with E-state index < -0.39 is 4.92 Å². The molecule has 0 fully saturated rings. The minimum absolute atomic E-state index is 0.00198. The fourth-order valence-corrected chi connectivity index (χ4v) is 1.58. The number of hydrogen-bond acceptors (Lipinski definition) is 4. The number of nitro benzene ring substituents is 1. The number of pyridine rings is 1. The number of nitrogens with zero attached hydrogens (tertiary/aromatic N) is 2. The molecule has 0 saturated carbocycles. The Bertz CT molecular complexity index is 678. The molecular formula is C14H11N2O4+. The summed E-state index contributed by atoms with van der Waals surface area (Å²) in [5, 5.41) is 19.7. The summed E-state index contributed by atoms with van der Waals surface area (Å²) >= 11 is 0. The molecule has 0 aliphatic carbocycles. The van der Waals surface area contributed by atoms with Crippen molar-refractivity contribution < 1.29 is 19.7 Å². The topological polar surface area (TPSA) is 84.3 Å². The van der Waals surface area contributed by atoms with Crippen molar-refractivity contribution in [1.82, 2.24) is 0 Å². The van der Waals surface area contributed by atoms with E-state index in [4.69, 9.17) is 0 Å². The van der Waals surface area contributed by atoms with Crippen molar-refractivity contribution in [2.24, 2.45) is 0 Å². The van der Waals surface area contributed by atoms with E-state index in [-0.39, 0.29) is 11.5 Å². The molecule has 0 spiro atoms. The second-order valence-electron chi connectivity index (χ2n) is 4.02. The van der Waals surface area contributed by atoms with Crippen molar-refractivity contribution in [3.8, 4) is 0 Å². The molecule has 1 N–H and O–H groups in total. The van der Waals surface area contributed by atoms with Gasteiger partial charge in [0, 0.05) is 22.9 Å². The lowest BCUT2D eigenvalue weighted by molar-refractivity contribution is -0.904. The van der Waals surface area contributed by atoms with E-state index >= 15 is 0 Å². The van der Waals surface area contributed by atoms with E-state index in [1.807, 2.05) is 0 Å². The molecule has 0 aliphatic heterocycles. The van der Waals surface area contributed by atoms with Gasteiger partial charge in [-0.25, -0.2) is 0 Å². The van der Waals surface area contributed by atoms with Crippen LogP contribution in [0.1, 0.15) is 15.9 Å². The average Bonchev–Trinajstić information content (AvgIpc) is 2.45. The molecule has 0 saturated heterocycles. The number of carbonyl (C=O) groups is 1. The first-order valence-corrected chi connectivity index (χ1v) is 5.74. The molecular weight excluding hydrogens is 260 g/mol. The van der Waals surface area contributed by atoms with Crippen LogP contribution in [0.2, 0.25) is 0 Å². The molecule has 1 heterocycles. The van der Waals surface area contributed by atoms with Crippen molar-refractivity contribution in [1.29, 1.82) is 0 Å². The van der Waals surface area contributed by atoms with E-state index in [9.17, 15) is 20.1 Å². The first-order valence-electron chi connectivity index (χ1n) is 5.74. The monoisotopic (exact) mass is 271 g/mol. The van der Waals surface area contributed by atoms with Crippen LogP contribution in [-0.4, -0.2) is 15.9 Å². The van der Waals surface area contributed by atoms with Crippen molar-refractivity contribution in [2.45, 2.75) is 0 Å². The highest BCUT2D eigenvalue weighted by Gasteiger charge is 2.07. The number of aromatic nitrogens is 1. The Morgan fingerprint density at radius 1 is 1.25 bits per heavy atom. The van der Waals surface area contributed by atoms with Gasteiger partial charge in [0.05, 0.1) is 10.5 Å². The molecule has 0 atom stereocenters. The van der Waals surface area contributed by atoms with Gasteiger partial charge < -0.3 is 0 Å². The van der Waals surface area contributed by atoms with E-state index in [1.54, 1.807) is 30.3 Å². The predicted molar refractivity (Wildman–Crippen MR) is 70.3 cm³/mol. The fraction of sp³-hybridized carbons (Fsp3) is 0. The number of rotatable bonds is 4. The van der Waals surface area contributed by atoms with Gasteiger partial charge in [0.15, 0.2) is 5.78 Å². The van der Waals surface area contributed by atoms with Gasteiger partial charge in [-0.05, 0) is 29.8 Å². The second kappa shape index (κ2) is 5.75. The summed E-state index contributed by atoms with van der Waals surface area (Å²) in [7, 11) is 0. The molecule has 0 unspecified atom stereocenters. The summed E-state index contributed by atoms with van der Waals surface area (Å²) < 4.78 is 0.799. The summed E-state index contributed by atoms with van der Waals surface area (Å²) in [6.45, 7) is 0. The van der Waals surface area contributed by atoms with E-state index in [2.05, 4.69) is 0 Å². The van der Waals surface area contributed by atoms with Gasteiger partial charge >= 0.3 is 0 Å². The quantitative estimate of drug-likeness (QED) is 0.230. The van der Waals surface area contributed by atoms with Crippen LogP contribution in [0.5, 0.6) is 0 Å². The zero-order valence-corrected chi connectivity index (χ0v) is 10.3. The SMILES string of the molecule is O=C(C=Cc1ccc([N+](=O)[O-])cc1)c1ccc[n+](O)c1. The molecule has 1 aromatic heterocycles. The maximum atomic E-state index is 11.8. The van der Waals surface area contributed by atoms with Crippen LogP contribution in [0, 0.1) is 10.1 Å². The van der Waals surface area contributed by atoms with Crippen LogP contribution >= 0.6 is 0 Å². The van der Waals surface area contributed by atoms with Crippen LogP contribution in [0.25, 0.3) is 6.08 Å². The summed E-state index contributed by atoms with van der Waals surface area (Å²) in [4.78, 5) is 21.8. The van der Waals surface area contributed by atoms with Gasteiger partial charge in [0.1, 0.15) is 0 Å². The molecule has 0 radical (unpaired) electrons. The molecule has 0 bridgehead atoms. The van der Waals surface area contributed by atoms with E-state index in [0.717, 1.165) is 4.73 Å².